The first kappa shape index (κ1) is 13.1. The Morgan fingerprint density at radius 2 is 2.21 bits per heavy atom. The predicted octanol–water partition coefficient (Wildman–Crippen LogP) is 2.55. The van der Waals surface area contributed by atoms with Gasteiger partial charge >= 0.3 is 6.03 Å². The fraction of sp³-hybridized carbons (Fsp3) is 0.286. The van der Waals surface area contributed by atoms with Gasteiger partial charge in [0.1, 0.15) is 5.69 Å². The molecule has 0 bridgehead atoms. The third-order valence-electron chi connectivity index (χ3n) is 2.59. The summed E-state index contributed by atoms with van der Waals surface area (Å²) in [6.07, 6.45) is 4.27. The van der Waals surface area contributed by atoms with Crippen LogP contribution in [0.15, 0.2) is 41.1 Å². The van der Waals surface area contributed by atoms with Crippen LogP contribution < -0.4 is 10.6 Å². The van der Waals surface area contributed by atoms with Crippen LogP contribution in [0.25, 0.3) is 11.5 Å². The van der Waals surface area contributed by atoms with Gasteiger partial charge < -0.3 is 15.1 Å². The number of aromatic nitrogens is 1. The van der Waals surface area contributed by atoms with E-state index in [9.17, 15) is 4.79 Å². The van der Waals surface area contributed by atoms with E-state index in [0.717, 1.165) is 23.4 Å². The third-order valence-corrected chi connectivity index (χ3v) is 2.59. The number of rotatable bonds is 5. The molecule has 2 amide bonds. The zero-order chi connectivity index (χ0) is 13.5. The Morgan fingerprint density at radius 3 is 2.84 bits per heavy atom. The summed E-state index contributed by atoms with van der Waals surface area (Å²) < 4.78 is 5.26. The minimum Gasteiger partial charge on any atom is -0.463 e. The lowest BCUT2D eigenvalue weighted by Crippen LogP contribution is -2.35. The molecule has 19 heavy (non-hydrogen) atoms. The third kappa shape index (κ3) is 3.84. The van der Waals surface area contributed by atoms with E-state index in [0.29, 0.717) is 13.1 Å². The normalized spacial score (nSPS) is 10.2. The van der Waals surface area contributed by atoms with Crippen LogP contribution in [0.2, 0.25) is 0 Å². The molecule has 0 fully saturated rings. The molecule has 0 aliphatic carbocycles. The van der Waals surface area contributed by atoms with Crippen molar-refractivity contribution in [2.45, 2.75) is 19.9 Å². The van der Waals surface area contributed by atoms with Crippen molar-refractivity contribution in [2.24, 2.45) is 0 Å². The summed E-state index contributed by atoms with van der Waals surface area (Å²) in [5.74, 6) is 0.736. The van der Waals surface area contributed by atoms with Crippen LogP contribution >= 0.6 is 0 Å². The molecule has 0 unspecified atom stereocenters. The zero-order valence-electron chi connectivity index (χ0n) is 10.8. The first-order valence-electron chi connectivity index (χ1n) is 6.30. The van der Waals surface area contributed by atoms with Crippen molar-refractivity contribution in [3.05, 3.63) is 42.3 Å². The second kappa shape index (κ2) is 6.58. The van der Waals surface area contributed by atoms with Gasteiger partial charge in [0.15, 0.2) is 5.76 Å². The highest BCUT2D eigenvalue weighted by atomic mass is 16.3. The standard InChI is InChI=1S/C14H17N3O2/c1-2-7-15-14(18)17-10-11-5-6-12(16-9-11)13-4-3-8-19-13/h3-6,8-9H,2,7,10H2,1H3,(H2,15,17,18). The topological polar surface area (TPSA) is 67.2 Å². The number of hydrogen-bond acceptors (Lipinski definition) is 3. The van der Waals surface area contributed by atoms with Gasteiger partial charge in [0, 0.05) is 19.3 Å². The van der Waals surface area contributed by atoms with Gasteiger partial charge in [-0.15, -0.1) is 0 Å². The molecule has 0 atom stereocenters. The lowest BCUT2D eigenvalue weighted by molar-refractivity contribution is 0.240. The van der Waals surface area contributed by atoms with Gasteiger partial charge in [-0.25, -0.2) is 4.79 Å². The molecule has 5 nitrogen and oxygen atoms in total. The van der Waals surface area contributed by atoms with Crippen LogP contribution in [0.3, 0.4) is 0 Å². The largest absolute Gasteiger partial charge is 0.463 e. The van der Waals surface area contributed by atoms with E-state index < -0.39 is 0 Å². The summed E-state index contributed by atoms with van der Waals surface area (Å²) in [4.78, 5) is 15.7. The Kier molecular flexibility index (Phi) is 4.55. The highest BCUT2D eigenvalue weighted by molar-refractivity contribution is 5.73. The average Bonchev–Trinajstić information content (AvgIpc) is 2.97. The fourth-order valence-electron chi connectivity index (χ4n) is 1.58. The molecule has 5 heteroatoms. The van der Waals surface area contributed by atoms with Gasteiger partial charge in [0.05, 0.1) is 6.26 Å². The summed E-state index contributed by atoms with van der Waals surface area (Å²) in [5, 5.41) is 5.53. The summed E-state index contributed by atoms with van der Waals surface area (Å²) in [6, 6.07) is 7.32. The van der Waals surface area contributed by atoms with Crippen molar-refractivity contribution in [3.8, 4) is 11.5 Å². The van der Waals surface area contributed by atoms with E-state index in [2.05, 4.69) is 15.6 Å². The molecule has 0 radical (unpaired) electrons. The van der Waals surface area contributed by atoms with E-state index in [1.54, 1.807) is 12.5 Å². The highest BCUT2D eigenvalue weighted by Gasteiger charge is 2.03. The molecule has 2 heterocycles. The Hall–Kier alpha value is -2.30. The summed E-state index contributed by atoms with van der Waals surface area (Å²) in [5.41, 5.74) is 1.73. The molecule has 2 aromatic rings. The van der Waals surface area contributed by atoms with Crippen molar-refractivity contribution in [1.82, 2.24) is 15.6 Å². The smallest absolute Gasteiger partial charge is 0.315 e. The lowest BCUT2D eigenvalue weighted by Gasteiger charge is -2.06. The van der Waals surface area contributed by atoms with E-state index in [1.165, 1.54) is 0 Å². The number of nitrogens with one attached hydrogen (secondary N) is 2. The van der Waals surface area contributed by atoms with Gasteiger partial charge in [0.2, 0.25) is 0 Å². The number of nitrogens with zero attached hydrogens (tertiary/aromatic N) is 1. The minimum atomic E-state index is -0.156. The maximum atomic E-state index is 11.4. The maximum absolute atomic E-state index is 11.4. The lowest BCUT2D eigenvalue weighted by atomic mass is 10.2. The van der Waals surface area contributed by atoms with E-state index in [1.807, 2.05) is 31.2 Å². The van der Waals surface area contributed by atoms with Gasteiger partial charge in [-0.05, 0) is 30.2 Å². The number of urea groups is 1. The van der Waals surface area contributed by atoms with E-state index in [-0.39, 0.29) is 6.03 Å². The number of amides is 2. The average molecular weight is 259 g/mol. The molecule has 0 aliphatic rings. The second-order valence-corrected chi connectivity index (χ2v) is 4.14. The zero-order valence-corrected chi connectivity index (χ0v) is 10.8. The van der Waals surface area contributed by atoms with Crippen LogP contribution in [-0.4, -0.2) is 17.6 Å². The molecule has 0 saturated carbocycles. The van der Waals surface area contributed by atoms with Crippen molar-refractivity contribution in [2.75, 3.05) is 6.54 Å². The highest BCUT2D eigenvalue weighted by Crippen LogP contribution is 2.16. The van der Waals surface area contributed by atoms with Gasteiger partial charge in [-0.1, -0.05) is 13.0 Å². The van der Waals surface area contributed by atoms with Crippen LogP contribution in [-0.2, 0) is 6.54 Å². The summed E-state index contributed by atoms with van der Waals surface area (Å²) >= 11 is 0. The first-order valence-corrected chi connectivity index (χ1v) is 6.30. The molecule has 0 aromatic carbocycles. The number of carbonyl (C=O) groups is 1. The van der Waals surface area contributed by atoms with Gasteiger partial charge in [-0.2, -0.15) is 0 Å². The quantitative estimate of drug-likeness (QED) is 0.867. The molecule has 2 rings (SSSR count). The van der Waals surface area contributed by atoms with Crippen LogP contribution in [0.5, 0.6) is 0 Å². The van der Waals surface area contributed by atoms with Gasteiger partial charge in [0.25, 0.3) is 0 Å². The predicted molar refractivity (Wildman–Crippen MR) is 72.5 cm³/mol. The van der Waals surface area contributed by atoms with Crippen molar-refractivity contribution < 1.29 is 9.21 Å². The van der Waals surface area contributed by atoms with E-state index >= 15 is 0 Å². The van der Waals surface area contributed by atoms with Crippen LogP contribution in [0.4, 0.5) is 4.79 Å². The van der Waals surface area contributed by atoms with Crippen molar-refractivity contribution in [3.63, 3.8) is 0 Å². The molecular formula is C14H17N3O2. The summed E-state index contributed by atoms with van der Waals surface area (Å²) in [6.45, 7) is 3.15. The SMILES string of the molecule is CCCNC(=O)NCc1ccc(-c2ccco2)nc1. The molecule has 100 valence electrons. The fourth-order valence-corrected chi connectivity index (χ4v) is 1.58. The molecule has 2 aromatic heterocycles. The van der Waals surface area contributed by atoms with Crippen LogP contribution in [0, 0.1) is 0 Å². The summed E-state index contributed by atoms with van der Waals surface area (Å²) in [7, 11) is 0. The number of hydrogen-bond donors (Lipinski definition) is 2. The van der Waals surface area contributed by atoms with Gasteiger partial charge in [-0.3, -0.25) is 4.98 Å². The number of furan rings is 1. The number of pyridine rings is 1. The van der Waals surface area contributed by atoms with Crippen molar-refractivity contribution in [1.29, 1.82) is 0 Å². The Bertz CT molecular complexity index is 506. The Labute approximate surface area is 112 Å². The second-order valence-electron chi connectivity index (χ2n) is 4.14. The first-order chi connectivity index (χ1) is 9.29. The molecular weight excluding hydrogens is 242 g/mol. The van der Waals surface area contributed by atoms with E-state index in [4.69, 9.17) is 4.42 Å². The van der Waals surface area contributed by atoms with Crippen LogP contribution in [0.1, 0.15) is 18.9 Å². The molecule has 0 aliphatic heterocycles. The Balaban J connectivity index is 1.87. The molecule has 0 spiro atoms. The molecule has 0 saturated heterocycles. The maximum Gasteiger partial charge on any atom is 0.315 e. The number of carbonyl (C=O) groups excluding carboxylic acids is 1. The van der Waals surface area contributed by atoms with Crippen molar-refractivity contribution >= 4 is 6.03 Å². The minimum absolute atomic E-state index is 0.156. The Morgan fingerprint density at radius 1 is 1.32 bits per heavy atom. The monoisotopic (exact) mass is 259 g/mol. The molecule has 2 N–H and O–H groups in total.